The number of hydrogen-bond acceptors (Lipinski definition) is 2. The molecule has 0 aliphatic carbocycles. The second-order valence-electron chi connectivity index (χ2n) is 3.92. The van der Waals surface area contributed by atoms with Crippen LogP contribution in [0.2, 0.25) is 0 Å². The van der Waals surface area contributed by atoms with Crippen molar-refractivity contribution in [2.24, 2.45) is 0 Å². The quantitative estimate of drug-likeness (QED) is 0.794. The molecule has 0 heterocycles. The van der Waals surface area contributed by atoms with Gasteiger partial charge in [0, 0.05) is 18.8 Å². The summed E-state index contributed by atoms with van der Waals surface area (Å²) in [7, 11) is 0. The van der Waals surface area contributed by atoms with Gasteiger partial charge in [0.1, 0.15) is 5.82 Å². The first-order valence-corrected chi connectivity index (χ1v) is 5.69. The first kappa shape index (κ1) is 14.8. The lowest BCUT2D eigenvalue weighted by Gasteiger charge is -2.22. The molecular weight excluding hydrogens is 248 g/mol. The SMILES string of the molecule is CCN(CCNc1ccc(F)cc1)CC(F)(F)F. The van der Waals surface area contributed by atoms with Gasteiger partial charge >= 0.3 is 6.18 Å². The maximum absolute atomic E-state index is 12.6. The lowest BCUT2D eigenvalue weighted by Crippen LogP contribution is -2.37. The highest BCUT2D eigenvalue weighted by atomic mass is 19.4. The Bertz CT molecular complexity index is 348. The van der Waals surface area contributed by atoms with Crippen molar-refractivity contribution in [2.75, 3.05) is 31.5 Å². The van der Waals surface area contributed by atoms with E-state index in [1.165, 1.54) is 17.0 Å². The molecular formula is C12H16F4N2. The van der Waals surface area contributed by atoms with E-state index < -0.39 is 12.7 Å². The summed E-state index contributed by atoms with van der Waals surface area (Å²) in [6.45, 7) is 1.78. The summed E-state index contributed by atoms with van der Waals surface area (Å²) in [6.07, 6.45) is -4.17. The van der Waals surface area contributed by atoms with Crippen LogP contribution in [-0.2, 0) is 0 Å². The van der Waals surface area contributed by atoms with Crippen molar-refractivity contribution in [1.82, 2.24) is 4.90 Å². The van der Waals surface area contributed by atoms with E-state index >= 15 is 0 Å². The summed E-state index contributed by atoms with van der Waals surface area (Å²) in [5.41, 5.74) is 0.694. The summed E-state index contributed by atoms with van der Waals surface area (Å²) < 4.78 is 49.2. The standard InChI is InChI=1S/C12H16F4N2/c1-2-18(9-12(14,15)16)8-7-17-11-5-3-10(13)4-6-11/h3-6,17H,2,7-9H2,1H3. The van der Waals surface area contributed by atoms with E-state index in [9.17, 15) is 17.6 Å². The predicted molar refractivity (Wildman–Crippen MR) is 63.1 cm³/mol. The van der Waals surface area contributed by atoms with Crippen molar-refractivity contribution >= 4 is 5.69 Å². The number of halogens is 4. The molecule has 0 unspecified atom stereocenters. The number of anilines is 1. The molecule has 1 rings (SSSR count). The molecule has 2 nitrogen and oxygen atoms in total. The Hall–Kier alpha value is -1.30. The van der Waals surface area contributed by atoms with Crippen molar-refractivity contribution < 1.29 is 17.6 Å². The van der Waals surface area contributed by atoms with Gasteiger partial charge in [-0.2, -0.15) is 13.2 Å². The lowest BCUT2D eigenvalue weighted by atomic mass is 10.3. The minimum Gasteiger partial charge on any atom is -0.384 e. The smallest absolute Gasteiger partial charge is 0.384 e. The normalized spacial score (nSPS) is 11.9. The Morgan fingerprint density at radius 1 is 1.17 bits per heavy atom. The molecule has 0 saturated carbocycles. The molecule has 0 saturated heterocycles. The second-order valence-corrected chi connectivity index (χ2v) is 3.92. The van der Waals surface area contributed by atoms with Gasteiger partial charge in [-0.3, -0.25) is 4.90 Å². The zero-order valence-corrected chi connectivity index (χ0v) is 10.1. The molecule has 0 aliphatic rings. The Morgan fingerprint density at radius 2 is 1.78 bits per heavy atom. The Morgan fingerprint density at radius 3 is 2.28 bits per heavy atom. The highest BCUT2D eigenvalue weighted by Gasteiger charge is 2.29. The summed E-state index contributed by atoms with van der Waals surface area (Å²) in [4.78, 5) is 1.30. The van der Waals surface area contributed by atoms with Crippen LogP contribution in [0.4, 0.5) is 23.2 Å². The molecule has 1 N–H and O–H groups in total. The molecule has 1 aromatic rings. The predicted octanol–water partition coefficient (Wildman–Crippen LogP) is 3.12. The van der Waals surface area contributed by atoms with E-state index in [1.807, 2.05) is 0 Å². The monoisotopic (exact) mass is 264 g/mol. The second kappa shape index (κ2) is 6.58. The van der Waals surface area contributed by atoms with Crippen molar-refractivity contribution in [3.63, 3.8) is 0 Å². The molecule has 0 amide bonds. The lowest BCUT2D eigenvalue weighted by molar-refractivity contribution is -0.145. The van der Waals surface area contributed by atoms with E-state index in [0.29, 0.717) is 18.8 Å². The van der Waals surface area contributed by atoms with Gasteiger partial charge in [0.15, 0.2) is 0 Å². The third-order valence-electron chi connectivity index (χ3n) is 2.45. The molecule has 18 heavy (non-hydrogen) atoms. The number of nitrogens with one attached hydrogen (secondary N) is 1. The van der Waals surface area contributed by atoms with E-state index in [0.717, 1.165) is 0 Å². The molecule has 1 aromatic carbocycles. The van der Waals surface area contributed by atoms with Crippen LogP contribution < -0.4 is 5.32 Å². The topological polar surface area (TPSA) is 15.3 Å². The number of rotatable bonds is 6. The molecule has 0 aliphatic heterocycles. The van der Waals surface area contributed by atoms with Gasteiger partial charge in [-0.05, 0) is 30.8 Å². The van der Waals surface area contributed by atoms with E-state index in [1.54, 1.807) is 19.1 Å². The van der Waals surface area contributed by atoms with Gasteiger partial charge < -0.3 is 5.32 Å². The van der Waals surface area contributed by atoms with Crippen molar-refractivity contribution in [2.45, 2.75) is 13.1 Å². The average Bonchev–Trinajstić information content (AvgIpc) is 2.29. The summed E-state index contributed by atoms with van der Waals surface area (Å²) >= 11 is 0. The van der Waals surface area contributed by atoms with Gasteiger partial charge in [-0.15, -0.1) is 0 Å². The molecule has 6 heteroatoms. The fourth-order valence-electron chi connectivity index (χ4n) is 1.53. The summed E-state index contributed by atoms with van der Waals surface area (Å²) in [5, 5.41) is 2.95. The van der Waals surface area contributed by atoms with Crippen LogP contribution >= 0.6 is 0 Å². The maximum Gasteiger partial charge on any atom is 0.401 e. The largest absolute Gasteiger partial charge is 0.401 e. The molecule has 0 spiro atoms. The van der Waals surface area contributed by atoms with Gasteiger partial charge in [-0.25, -0.2) is 4.39 Å². The van der Waals surface area contributed by atoms with Crippen LogP contribution in [0.3, 0.4) is 0 Å². The van der Waals surface area contributed by atoms with E-state index in [2.05, 4.69) is 5.32 Å². The first-order valence-electron chi connectivity index (χ1n) is 5.69. The van der Waals surface area contributed by atoms with Crippen molar-refractivity contribution in [3.8, 4) is 0 Å². The molecule has 0 atom stereocenters. The third-order valence-corrected chi connectivity index (χ3v) is 2.45. The average molecular weight is 264 g/mol. The van der Waals surface area contributed by atoms with Crippen molar-refractivity contribution in [3.05, 3.63) is 30.1 Å². The van der Waals surface area contributed by atoms with Crippen LogP contribution in [0, 0.1) is 5.82 Å². The first-order chi connectivity index (χ1) is 8.40. The molecule has 0 aromatic heterocycles. The Balaban J connectivity index is 2.33. The van der Waals surface area contributed by atoms with Gasteiger partial charge in [0.25, 0.3) is 0 Å². The Kier molecular flexibility index (Phi) is 5.40. The van der Waals surface area contributed by atoms with Crippen molar-refractivity contribution in [1.29, 1.82) is 0 Å². The summed E-state index contributed by atoms with van der Waals surface area (Å²) in [5.74, 6) is -0.340. The minimum atomic E-state index is -4.17. The van der Waals surface area contributed by atoms with Gasteiger partial charge in [-0.1, -0.05) is 6.92 Å². The molecule has 102 valence electrons. The van der Waals surface area contributed by atoms with E-state index in [4.69, 9.17) is 0 Å². The molecule has 0 fully saturated rings. The van der Waals surface area contributed by atoms with Crippen LogP contribution in [0.15, 0.2) is 24.3 Å². The fraction of sp³-hybridized carbons (Fsp3) is 0.500. The number of benzene rings is 1. The van der Waals surface area contributed by atoms with Gasteiger partial charge in [0.2, 0.25) is 0 Å². The number of hydrogen-bond donors (Lipinski definition) is 1. The third kappa shape index (κ3) is 5.86. The van der Waals surface area contributed by atoms with Crippen LogP contribution in [0.25, 0.3) is 0 Å². The zero-order chi connectivity index (χ0) is 13.6. The summed E-state index contributed by atoms with van der Waals surface area (Å²) in [6, 6.07) is 5.70. The molecule has 0 radical (unpaired) electrons. The minimum absolute atomic E-state index is 0.285. The molecule has 0 bridgehead atoms. The zero-order valence-electron chi connectivity index (χ0n) is 10.1. The van der Waals surface area contributed by atoms with Crippen LogP contribution in [0.1, 0.15) is 6.92 Å². The van der Waals surface area contributed by atoms with Crippen LogP contribution in [-0.4, -0.2) is 37.3 Å². The van der Waals surface area contributed by atoms with Gasteiger partial charge in [0.05, 0.1) is 6.54 Å². The van der Waals surface area contributed by atoms with E-state index in [-0.39, 0.29) is 12.4 Å². The fourth-order valence-corrected chi connectivity index (χ4v) is 1.53. The Labute approximate surface area is 104 Å². The van der Waals surface area contributed by atoms with Crippen LogP contribution in [0.5, 0.6) is 0 Å². The number of likely N-dealkylation sites (N-methyl/N-ethyl adjacent to an activating group) is 1. The number of alkyl halides is 3. The highest BCUT2D eigenvalue weighted by molar-refractivity contribution is 5.42. The number of nitrogens with zero attached hydrogens (tertiary/aromatic N) is 1. The maximum atomic E-state index is 12.6. The highest BCUT2D eigenvalue weighted by Crippen LogP contribution is 2.16.